The molecule has 0 radical (unpaired) electrons. The minimum Gasteiger partial charge on any atom is -0.469 e. The Morgan fingerprint density at radius 3 is 2.56 bits per heavy atom. The van der Waals surface area contributed by atoms with Crippen LogP contribution in [0.2, 0.25) is 0 Å². The lowest BCUT2D eigenvalue weighted by Gasteiger charge is -2.30. The van der Waals surface area contributed by atoms with Crippen molar-refractivity contribution in [2.24, 2.45) is 11.8 Å². The average molecular weight is 222 g/mol. The summed E-state index contributed by atoms with van der Waals surface area (Å²) in [5.74, 6) is 2.20. The first-order chi connectivity index (χ1) is 7.70. The van der Waals surface area contributed by atoms with Crippen molar-refractivity contribution in [1.82, 2.24) is 0 Å². The Morgan fingerprint density at radius 2 is 2.06 bits per heavy atom. The van der Waals surface area contributed by atoms with E-state index in [1.807, 2.05) is 13.0 Å². The van der Waals surface area contributed by atoms with E-state index in [9.17, 15) is 5.11 Å². The third-order valence-corrected chi connectivity index (χ3v) is 4.01. The number of hydrogen-bond acceptors (Lipinski definition) is 2. The first-order valence-electron chi connectivity index (χ1n) is 6.43. The molecule has 1 saturated carbocycles. The third-order valence-electron chi connectivity index (χ3n) is 4.01. The van der Waals surface area contributed by atoms with Crippen molar-refractivity contribution in [3.63, 3.8) is 0 Å². The largest absolute Gasteiger partial charge is 0.469 e. The molecular weight excluding hydrogens is 200 g/mol. The van der Waals surface area contributed by atoms with Gasteiger partial charge >= 0.3 is 0 Å². The summed E-state index contributed by atoms with van der Waals surface area (Å²) in [6.45, 7) is 4.19. The normalized spacial score (nSPS) is 27.9. The molecule has 1 aliphatic carbocycles. The van der Waals surface area contributed by atoms with Crippen molar-refractivity contribution in [2.75, 3.05) is 0 Å². The van der Waals surface area contributed by atoms with Gasteiger partial charge in [0.15, 0.2) is 0 Å². The van der Waals surface area contributed by atoms with Gasteiger partial charge in [0.1, 0.15) is 5.76 Å². The molecule has 2 rings (SSSR count). The molecule has 1 N–H and O–H groups in total. The molecule has 1 fully saturated rings. The molecule has 1 heterocycles. The number of hydrogen-bond donors (Lipinski definition) is 1. The fraction of sp³-hybridized carbons (Fsp3) is 0.714. The fourth-order valence-electron chi connectivity index (χ4n) is 2.80. The van der Waals surface area contributed by atoms with Crippen LogP contribution in [-0.2, 0) is 0 Å². The van der Waals surface area contributed by atoms with Crippen LogP contribution in [-0.4, -0.2) is 5.11 Å². The summed E-state index contributed by atoms with van der Waals surface area (Å²) >= 11 is 0. The number of aliphatic hydroxyl groups excluding tert-OH is 1. The van der Waals surface area contributed by atoms with E-state index in [2.05, 4.69) is 6.92 Å². The lowest BCUT2D eigenvalue weighted by molar-refractivity contribution is 0.0725. The van der Waals surface area contributed by atoms with Gasteiger partial charge in [0.2, 0.25) is 0 Å². The fourth-order valence-corrected chi connectivity index (χ4v) is 2.80. The van der Waals surface area contributed by atoms with Crippen molar-refractivity contribution in [3.8, 4) is 0 Å². The summed E-state index contributed by atoms with van der Waals surface area (Å²) in [6.07, 6.45) is 7.52. The maximum absolute atomic E-state index is 10.3. The van der Waals surface area contributed by atoms with Crippen molar-refractivity contribution in [1.29, 1.82) is 0 Å². The second-order valence-electron chi connectivity index (χ2n) is 5.12. The van der Waals surface area contributed by atoms with Gasteiger partial charge in [-0.3, -0.25) is 0 Å². The zero-order valence-electron chi connectivity index (χ0n) is 10.3. The maximum atomic E-state index is 10.3. The van der Waals surface area contributed by atoms with E-state index in [0.29, 0.717) is 5.92 Å². The average Bonchev–Trinajstić information content (AvgIpc) is 2.75. The topological polar surface area (TPSA) is 33.4 Å². The standard InChI is InChI=1S/C14H22O2/c1-3-11-4-6-12(7-5-11)14(15)13-8-10(2)16-9-13/h8-9,11-12,14-15H,3-7H2,1-2H3. The van der Waals surface area contributed by atoms with Crippen LogP contribution in [0.3, 0.4) is 0 Å². The monoisotopic (exact) mass is 222 g/mol. The summed E-state index contributed by atoms with van der Waals surface area (Å²) in [7, 11) is 0. The van der Waals surface area contributed by atoms with Gasteiger partial charge in [0, 0.05) is 5.56 Å². The van der Waals surface area contributed by atoms with Gasteiger partial charge < -0.3 is 9.52 Å². The first kappa shape index (κ1) is 11.7. The molecule has 16 heavy (non-hydrogen) atoms. The van der Waals surface area contributed by atoms with Crippen LogP contribution in [0.1, 0.15) is 56.5 Å². The minimum atomic E-state index is -0.324. The van der Waals surface area contributed by atoms with Crippen molar-refractivity contribution < 1.29 is 9.52 Å². The Hall–Kier alpha value is -0.760. The predicted molar refractivity (Wildman–Crippen MR) is 64.1 cm³/mol. The first-order valence-corrected chi connectivity index (χ1v) is 6.43. The van der Waals surface area contributed by atoms with Gasteiger partial charge in [0.25, 0.3) is 0 Å². The van der Waals surface area contributed by atoms with E-state index >= 15 is 0 Å². The zero-order chi connectivity index (χ0) is 11.5. The molecule has 1 unspecified atom stereocenters. The molecule has 0 bridgehead atoms. The molecule has 90 valence electrons. The second kappa shape index (κ2) is 5.05. The van der Waals surface area contributed by atoms with Crippen LogP contribution in [0.4, 0.5) is 0 Å². The Balaban J connectivity index is 1.93. The van der Waals surface area contributed by atoms with E-state index in [1.54, 1.807) is 6.26 Å². The van der Waals surface area contributed by atoms with Gasteiger partial charge in [-0.05, 0) is 37.7 Å². The Morgan fingerprint density at radius 1 is 1.38 bits per heavy atom. The predicted octanol–water partition coefficient (Wildman–Crippen LogP) is 3.84. The molecule has 1 atom stereocenters. The van der Waals surface area contributed by atoms with Crippen LogP contribution in [0, 0.1) is 18.8 Å². The lowest BCUT2D eigenvalue weighted by atomic mass is 9.77. The molecule has 0 amide bonds. The van der Waals surface area contributed by atoms with Crippen LogP contribution in [0.5, 0.6) is 0 Å². The highest BCUT2D eigenvalue weighted by atomic mass is 16.3. The molecule has 0 spiro atoms. The number of rotatable bonds is 3. The Kier molecular flexibility index (Phi) is 3.70. The Bertz CT molecular complexity index is 321. The quantitative estimate of drug-likeness (QED) is 0.843. The van der Waals surface area contributed by atoms with E-state index in [1.165, 1.54) is 19.3 Å². The second-order valence-corrected chi connectivity index (χ2v) is 5.12. The summed E-state index contributed by atoms with van der Waals surface area (Å²) in [6, 6.07) is 1.95. The van der Waals surface area contributed by atoms with E-state index in [0.717, 1.165) is 30.1 Å². The highest BCUT2D eigenvalue weighted by Crippen LogP contribution is 2.38. The molecule has 2 heteroatoms. The minimum absolute atomic E-state index is 0.324. The van der Waals surface area contributed by atoms with Gasteiger partial charge in [0.05, 0.1) is 12.4 Å². The molecular formula is C14H22O2. The third kappa shape index (κ3) is 2.49. The summed E-state index contributed by atoms with van der Waals surface area (Å²) in [5.41, 5.74) is 0.956. The van der Waals surface area contributed by atoms with Crippen LogP contribution >= 0.6 is 0 Å². The van der Waals surface area contributed by atoms with Crippen LogP contribution in [0.25, 0.3) is 0 Å². The van der Waals surface area contributed by atoms with Crippen LogP contribution in [0.15, 0.2) is 16.7 Å². The molecule has 1 aliphatic rings. The number of aliphatic hydroxyl groups is 1. The SMILES string of the molecule is CCC1CCC(C(O)c2coc(C)c2)CC1. The summed E-state index contributed by atoms with van der Waals surface area (Å²) < 4.78 is 5.26. The van der Waals surface area contributed by atoms with Gasteiger partial charge in [-0.25, -0.2) is 0 Å². The van der Waals surface area contributed by atoms with Gasteiger partial charge in [-0.15, -0.1) is 0 Å². The molecule has 0 saturated heterocycles. The van der Waals surface area contributed by atoms with E-state index in [-0.39, 0.29) is 6.10 Å². The van der Waals surface area contributed by atoms with Crippen molar-refractivity contribution in [3.05, 3.63) is 23.7 Å². The highest BCUT2D eigenvalue weighted by Gasteiger charge is 2.27. The van der Waals surface area contributed by atoms with Gasteiger partial charge in [-0.1, -0.05) is 26.2 Å². The van der Waals surface area contributed by atoms with Crippen molar-refractivity contribution in [2.45, 2.75) is 52.1 Å². The summed E-state index contributed by atoms with van der Waals surface area (Å²) in [5, 5.41) is 10.3. The molecule has 0 aliphatic heterocycles. The number of aryl methyl sites for hydroxylation is 1. The molecule has 1 aromatic rings. The maximum Gasteiger partial charge on any atom is 0.101 e. The van der Waals surface area contributed by atoms with E-state index in [4.69, 9.17) is 4.42 Å². The zero-order valence-corrected chi connectivity index (χ0v) is 10.3. The molecule has 1 aromatic heterocycles. The van der Waals surface area contributed by atoms with Gasteiger partial charge in [-0.2, -0.15) is 0 Å². The number of furan rings is 1. The van der Waals surface area contributed by atoms with Crippen LogP contribution < -0.4 is 0 Å². The van der Waals surface area contributed by atoms with Crippen molar-refractivity contribution >= 4 is 0 Å². The lowest BCUT2D eigenvalue weighted by Crippen LogP contribution is -2.19. The van der Waals surface area contributed by atoms with E-state index < -0.39 is 0 Å². The highest BCUT2D eigenvalue weighted by molar-refractivity contribution is 5.15. The molecule has 2 nitrogen and oxygen atoms in total. The Labute approximate surface area is 97.7 Å². The molecule has 0 aromatic carbocycles. The smallest absolute Gasteiger partial charge is 0.101 e. The summed E-state index contributed by atoms with van der Waals surface area (Å²) in [4.78, 5) is 0.